The van der Waals surface area contributed by atoms with E-state index in [1.807, 2.05) is 28.9 Å². The van der Waals surface area contributed by atoms with Gasteiger partial charge in [-0.05, 0) is 43.9 Å². The molecule has 3 heterocycles. The average Bonchev–Trinajstić information content (AvgIpc) is 3.17. The number of likely N-dealkylation sites (tertiary alicyclic amines) is 1. The Kier molecular flexibility index (Phi) is 4.20. The molecule has 0 saturated carbocycles. The van der Waals surface area contributed by atoms with Crippen molar-refractivity contribution in [1.82, 2.24) is 19.8 Å². The molecule has 118 valence electrons. The lowest BCUT2D eigenvalue weighted by molar-refractivity contribution is -0.131. The van der Waals surface area contributed by atoms with E-state index in [4.69, 9.17) is 16.1 Å². The van der Waals surface area contributed by atoms with Gasteiger partial charge in [0.15, 0.2) is 0 Å². The molecular formula is C15H19ClN4O2. The van der Waals surface area contributed by atoms with Gasteiger partial charge in [0.05, 0.1) is 30.9 Å². The summed E-state index contributed by atoms with van der Waals surface area (Å²) in [6.45, 7) is 5.32. The van der Waals surface area contributed by atoms with Crippen LogP contribution in [0.1, 0.15) is 29.7 Å². The summed E-state index contributed by atoms with van der Waals surface area (Å²) in [5, 5.41) is 8.32. The molecule has 0 radical (unpaired) electrons. The number of aromatic nitrogens is 3. The maximum absolute atomic E-state index is 12.6. The number of amides is 1. The van der Waals surface area contributed by atoms with Gasteiger partial charge >= 0.3 is 0 Å². The molecule has 0 N–H and O–H groups in total. The predicted molar refractivity (Wildman–Crippen MR) is 81.7 cm³/mol. The largest absolute Gasteiger partial charge is 0.344 e. The highest BCUT2D eigenvalue weighted by molar-refractivity contribution is 6.29. The molecule has 0 aromatic carbocycles. The second-order valence-corrected chi connectivity index (χ2v) is 6.16. The molecule has 0 spiro atoms. The topological polar surface area (TPSA) is 64.2 Å². The molecule has 2 aromatic heterocycles. The summed E-state index contributed by atoms with van der Waals surface area (Å²) in [5.74, 6) is 0.0691. The Balaban J connectivity index is 1.68. The van der Waals surface area contributed by atoms with E-state index < -0.39 is 0 Å². The zero-order valence-electron chi connectivity index (χ0n) is 12.8. The zero-order chi connectivity index (χ0) is 15.7. The number of nitrogens with zero attached hydrogens (tertiary/aromatic N) is 4. The number of hydrogen-bond acceptors (Lipinski definition) is 4. The van der Waals surface area contributed by atoms with Crippen LogP contribution in [0.15, 0.2) is 16.9 Å². The van der Waals surface area contributed by atoms with Crippen molar-refractivity contribution in [3.8, 4) is 0 Å². The lowest BCUT2D eigenvalue weighted by atomic mass is 10.1. The van der Waals surface area contributed by atoms with Crippen LogP contribution in [0.3, 0.4) is 0 Å². The molecule has 0 unspecified atom stereocenters. The zero-order valence-corrected chi connectivity index (χ0v) is 13.5. The fourth-order valence-electron chi connectivity index (χ4n) is 2.95. The van der Waals surface area contributed by atoms with Crippen molar-refractivity contribution in [3.05, 3.63) is 34.4 Å². The van der Waals surface area contributed by atoms with E-state index >= 15 is 0 Å². The van der Waals surface area contributed by atoms with E-state index in [2.05, 4.69) is 10.3 Å². The van der Waals surface area contributed by atoms with Crippen LogP contribution in [0.2, 0.25) is 5.22 Å². The van der Waals surface area contributed by atoms with Crippen LogP contribution in [0, 0.1) is 13.8 Å². The Hall–Kier alpha value is -1.82. The van der Waals surface area contributed by atoms with Gasteiger partial charge < -0.3 is 9.42 Å². The maximum atomic E-state index is 12.6. The van der Waals surface area contributed by atoms with E-state index in [0.717, 1.165) is 31.5 Å². The third kappa shape index (κ3) is 3.02. The summed E-state index contributed by atoms with van der Waals surface area (Å²) < 4.78 is 6.82. The van der Waals surface area contributed by atoms with Crippen LogP contribution < -0.4 is 0 Å². The van der Waals surface area contributed by atoms with Crippen molar-refractivity contribution >= 4 is 17.5 Å². The molecule has 3 rings (SSSR count). The van der Waals surface area contributed by atoms with Gasteiger partial charge in [-0.3, -0.25) is 9.48 Å². The standard InChI is InChI=1S/C15H19ClN4O2/c1-10-7-17-19(8-10)9-12-4-3-5-20(12)14(21)6-13-11(2)18-22-15(13)16/h7-8,12H,3-6,9H2,1-2H3/t12-/m0/s1. The summed E-state index contributed by atoms with van der Waals surface area (Å²) in [4.78, 5) is 14.5. The van der Waals surface area contributed by atoms with Gasteiger partial charge in [0.1, 0.15) is 0 Å². The van der Waals surface area contributed by atoms with Crippen LogP contribution >= 0.6 is 11.6 Å². The molecule has 1 atom stereocenters. The average molecular weight is 323 g/mol. The second-order valence-electron chi connectivity index (χ2n) is 5.82. The lowest BCUT2D eigenvalue weighted by Crippen LogP contribution is -2.39. The molecule has 0 aliphatic carbocycles. The smallest absolute Gasteiger partial charge is 0.229 e. The van der Waals surface area contributed by atoms with Gasteiger partial charge in [-0.15, -0.1) is 0 Å². The molecule has 1 fully saturated rings. The van der Waals surface area contributed by atoms with Gasteiger partial charge in [-0.25, -0.2) is 0 Å². The Morgan fingerprint density at radius 3 is 2.95 bits per heavy atom. The molecule has 1 amide bonds. The van der Waals surface area contributed by atoms with Crippen LogP contribution in [-0.2, 0) is 17.8 Å². The monoisotopic (exact) mass is 322 g/mol. The van der Waals surface area contributed by atoms with Crippen LogP contribution in [0.5, 0.6) is 0 Å². The number of carbonyl (C=O) groups excluding carboxylic acids is 1. The predicted octanol–water partition coefficient (Wildman–Crippen LogP) is 2.38. The Morgan fingerprint density at radius 2 is 2.32 bits per heavy atom. The van der Waals surface area contributed by atoms with Crippen LogP contribution in [0.4, 0.5) is 0 Å². The first-order valence-corrected chi connectivity index (χ1v) is 7.81. The number of hydrogen-bond donors (Lipinski definition) is 0. The van der Waals surface area contributed by atoms with Gasteiger partial charge in [0.25, 0.3) is 0 Å². The quantitative estimate of drug-likeness (QED) is 0.867. The van der Waals surface area contributed by atoms with Crippen molar-refractivity contribution in [2.75, 3.05) is 6.54 Å². The van der Waals surface area contributed by atoms with Crippen molar-refractivity contribution in [2.45, 2.75) is 45.7 Å². The minimum atomic E-state index is 0.0691. The van der Waals surface area contributed by atoms with E-state index in [1.54, 1.807) is 6.92 Å². The first-order chi connectivity index (χ1) is 10.5. The Bertz CT molecular complexity index is 659. The van der Waals surface area contributed by atoms with E-state index in [0.29, 0.717) is 11.3 Å². The highest BCUT2D eigenvalue weighted by Crippen LogP contribution is 2.24. The fraction of sp³-hybridized carbons (Fsp3) is 0.533. The van der Waals surface area contributed by atoms with Crippen LogP contribution in [0.25, 0.3) is 0 Å². The number of rotatable bonds is 4. The molecule has 22 heavy (non-hydrogen) atoms. The highest BCUT2D eigenvalue weighted by Gasteiger charge is 2.30. The summed E-state index contributed by atoms with van der Waals surface area (Å²) >= 11 is 5.95. The third-order valence-corrected chi connectivity index (χ3v) is 4.42. The lowest BCUT2D eigenvalue weighted by Gasteiger charge is -2.24. The Morgan fingerprint density at radius 1 is 1.50 bits per heavy atom. The number of halogens is 1. The normalized spacial score (nSPS) is 18.1. The molecule has 6 nitrogen and oxygen atoms in total. The Labute approximate surface area is 134 Å². The molecule has 0 bridgehead atoms. The molecular weight excluding hydrogens is 304 g/mol. The molecule has 1 saturated heterocycles. The minimum absolute atomic E-state index is 0.0691. The fourth-order valence-corrected chi connectivity index (χ4v) is 3.19. The number of aryl methyl sites for hydroxylation is 2. The van der Waals surface area contributed by atoms with Crippen LogP contribution in [-0.4, -0.2) is 38.3 Å². The van der Waals surface area contributed by atoms with Crippen molar-refractivity contribution in [3.63, 3.8) is 0 Å². The molecule has 2 aromatic rings. The molecule has 1 aliphatic rings. The van der Waals surface area contributed by atoms with Gasteiger partial charge in [0.2, 0.25) is 11.1 Å². The van der Waals surface area contributed by atoms with Crippen molar-refractivity contribution in [1.29, 1.82) is 0 Å². The summed E-state index contributed by atoms with van der Waals surface area (Å²) in [5.41, 5.74) is 2.49. The van der Waals surface area contributed by atoms with Gasteiger partial charge in [0, 0.05) is 18.3 Å². The van der Waals surface area contributed by atoms with Crippen molar-refractivity contribution < 1.29 is 9.32 Å². The second kappa shape index (κ2) is 6.12. The van der Waals surface area contributed by atoms with E-state index in [-0.39, 0.29) is 23.6 Å². The number of carbonyl (C=O) groups is 1. The summed E-state index contributed by atoms with van der Waals surface area (Å²) in [7, 11) is 0. The maximum Gasteiger partial charge on any atom is 0.229 e. The van der Waals surface area contributed by atoms with Gasteiger partial charge in [-0.1, -0.05) is 5.16 Å². The SMILES string of the molecule is Cc1cnn(C[C@@H]2CCCN2C(=O)Cc2c(C)noc2Cl)c1. The van der Waals surface area contributed by atoms with E-state index in [9.17, 15) is 4.79 Å². The first kappa shape index (κ1) is 15.1. The first-order valence-electron chi connectivity index (χ1n) is 7.44. The molecule has 7 heteroatoms. The summed E-state index contributed by atoms with van der Waals surface area (Å²) in [6, 6.07) is 0.186. The van der Waals surface area contributed by atoms with Crippen molar-refractivity contribution in [2.24, 2.45) is 0 Å². The highest BCUT2D eigenvalue weighted by atomic mass is 35.5. The van der Waals surface area contributed by atoms with Gasteiger partial charge in [-0.2, -0.15) is 5.10 Å². The van der Waals surface area contributed by atoms with E-state index in [1.165, 1.54) is 0 Å². The summed E-state index contributed by atoms with van der Waals surface area (Å²) in [6.07, 6.45) is 6.10. The molecule has 1 aliphatic heterocycles. The third-order valence-electron chi connectivity index (χ3n) is 4.12. The minimum Gasteiger partial charge on any atom is -0.344 e.